The minimum atomic E-state index is 0.0773. The first-order chi connectivity index (χ1) is 10.1. The van der Waals surface area contributed by atoms with E-state index in [1.165, 1.54) is 11.3 Å². The molecular weight excluding hydrogens is 286 g/mol. The number of aromatic nitrogens is 1. The van der Waals surface area contributed by atoms with Gasteiger partial charge >= 0.3 is 0 Å². The molecule has 5 nitrogen and oxygen atoms in total. The summed E-state index contributed by atoms with van der Waals surface area (Å²) in [5.41, 5.74) is 0.778. The number of carbonyl (C=O) groups is 1. The first-order valence-electron chi connectivity index (χ1n) is 7.12. The molecular formula is C15H19N3O2S. The molecule has 0 radical (unpaired) electrons. The predicted molar refractivity (Wildman–Crippen MR) is 82.7 cm³/mol. The topological polar surface area (TPSA) is 58.4 Å². The highest BCUT2D eigenvalue weighted by Crippen LogP contribution is 2.30. The lowest BCUT2D eigenvalue weighted by atomic mass is 10.2. The molecule has 1 N–H and O–H groups in total. The van der Waals surface area contributed by atoms with Crippen LogP contribution in [0.15, 0.2) is 16.5 Å². The maximum absolute atomic E-state index is 12.7. The van der Waals surface area contributed by atoms with Crippen LogP contribution in [0.2, 0.25) is 0 Å². The van der Waals surface area contributed by atoms with Gasteiger partial charge in [0, 0.05) is 25.7 Å². The van der Waals surface area contributed by atoms with Crippen LogP contribution < -0.4 is 5.32 Å². The number of furan rings is 1. The quantitative estimate of drug-likeness (QED) is 0.926. The molecule has 1 aliphatic heterocycles. The summed E-state index contributed by atoms with van der Waals surface area (Å²) in [6.45, 7) is 8.28. The molecule has 1 amide bonds. The van der Waals surface area contributed by atoms with Crippen molar-refractivity contribution in [3.05, 3.63) is 28.5 Å². The van der Waals surface area contributed by atoms with Gasteiger partial charge in [0.2, 0.25) is 0 Å². The molecule has 3 rings (SSSR count). The van der Waals surface area contributed by atoms with E-state index in [4.69, 9.17) is 4.42 Å². The minimum absolute atomic E-state index is 0.0773. The highest BCUT2D eigenvalue weighted by atomic mass is 32.1. The van der Waals surface area contributed by atoms with Crippen molar-refractivity contribution in [1.82, 2.24) is 15.2 Å². The van der Waals surface area contributed by atoms with Gasteiger partial charge in [-0.15, -0.1) is 11.3 Å². The van der Waals surface area contributed by atoms with Gasteiger partial charge in [-0.3, -0.25) is 4.79 Å². The van der Waals surface area contributed by atoms with Crippen LogP contribution in [-0.4, -0.2) is 41.5 Å². The van der Waals surface area contributed by atoms with Gasteiger partial charge in [0.15, 0.2) is 10.8 Å². The van der Waals surface area contributed by atoms with Crippen LogP contribution in [0.1, 0.15) is 28.0 Å². The number of amides is 1. The third-order valence-electron chi connectivity index (χ3n) is 3.70. The smallest absolute Gasteiger partial charge is 0.266 e. The number of nitrogens with zero attached hydrogens (tertiary/aromatic N) is 2. The van der Waals surface area contributed by atoms with E-state index in [0.29, 0.717) is 4.88 Å². The Balaban J connectivity index is 1.88. The summed E-state index contributed by atoms with van der Waals surface area (Å²) >= 11 is 1.41. The van der Waals surface area contributed by atoms with Crippen molar-refractivity contribution in [2.75, 3.05) is 19.6 Å². The molecule has 1 aliphatic rings. The van der Waals surface area contributed by atoms with Crippen LogP contribution >= 0.6 is 11.3 Å². The van der Waals surface area contributed by atoms with Gasteiger partial charge in [-0.25, -0.2) is 4.98 Å². The van der Waals surface area contributed by atoms with Crippen molar-refractivity contribution < 1.29 is 9.21 Å². The Morgan fingerprint density at radius 3 is 2.95 bits per heavy atom. The molecule has 3 heterocycles. The van der Waals surface area contributed by atoms with E-state index in [2.05, 4.69) is 17.2 Å². The maximum Gasteiger partial charge on any atom is 0.266 e. The van der Waals surface area contributed by atoms with Crippen molar-refractivity contribution >= 4 is 17.2 Å². The zero-order valence-electron chi connectivity index (χ0n) is 12.5. The molecule has 0 unspecified atom stereocenters. The average Bonchev–Trinajstić information content (AvgIpc) is 3.05. The van der Waals surface area contributed by atoms with Gasteiger partial charge in [-0.1, -0.05) is 0 Å². The van der Waals surface area contributed by atoms with Crippen LogP contribution in [0, 0.1) is 13.8 Å². The maximum atomic E-state index is 12.7. The first-order valence-corrected chi connectivity index (χ1v) is 7.94. The number of carbonyl (C=O) groups excluding carboxylic acids is 1. The number of nitrogens with one attached hydrogen (secondary N) is 1. The summed E-state index contributed by atoms with van der Waals surface area (Å²) in [5, 5.41) is 4.07. The van der Waals surface area contributed by atoms with Crippen molar-refractivity contribution in [3.8, 4) is 10.8 Å². The van der Waals surface area contributed by atoms with Gasteiger partial charge in [0.25, 0.3) is 5.91 Å². The van der Waals surface area contributed by atoms with Crippen molar-refractivity contribution in [2.45, 2.75) is 26.8 Å². The first kappa shape index (κ1) is 14.3. The van der Waals surface area contributed by atoms with Gasteiger partial charge in [-0.05, 0) is 32.9 Å². The molecule has 2 aromatic heterocycles. The highest BCUT2D eigenvalue weighted by Gasteiger charge is 2.27. The van der Waals surface area contributed by atoms with Crippen LogP contribution in [-0.2, 0) is 0 Å². The van der Waals surface area contributed by atoms with Gasteiger partial charge < -0.3 is 14.6 Å². The molecule has 2 aromatic rings. The molecule has 0 saturated carbocycles. The Kier molecular flexibility index (Phi) is 3.82. The van der Waals surface area contributed by atoms with Gasteiger partial charge in [0.05, 0.1) is 5.69 Å². The Hall–Kier alpha value is -1.66. The second-order valence-corrected chi connectivity index (χ2v) is 6.39. The molecule has 6 heteroatoms. The number of hydrogen-bond donors (Lipinski definition) is 1. The normalized spacial score (nSPS) is 19.0. The summed E-state index contributed by atoms with van der Waals surface area (Å²) in [6.07, 6.45) is 0. The largest absolute Gasteiger partial charge is 0.459 e. The van der Waals surface area contributed by atoms with E-state index in [9.17, 15) is 4.79 Å². The van der Waals surface area contributed by atoms with E-state index in [0.717, 1.165) is 41.9 Å². The lowest BCUT2D eigenvalue weighted by molar-refractivity contribution is 0.0660. The zero-order chi connectivity index (χ0) is 15.0. The van der Waals surface area contributed by atoms with Crippen LogP contribution in [0.3, 0.4) is 0 Å². The minimum Gasteiger partial charge on any atom is -0.459 e. The van der Waals surface area contributed by atoms with Crippen molar-refractivity contribution in [3.63, 3.8) is 0 Å². The standard InChI is InChI=1S/C15H19N3O2S/c1-9-8-16-6-7-18(9)15(19)13-11(3)17-14(21-13)12-5-4-10(2)20-12/h4-5,9,16H,6-8H2,1-3H3/t9-/m1/s1. The summed E-state index contributed by atoms with van der Waals surface area (Å²) in [4.78, 5) is 19.9. The molecule has 0 aliphatic carbocycles. The van der Waals surface area contributed by atoms with E-state index >= 15 is 0 Å². The molecule has 1 atom stereocenters. The van der Waals surface area contributed by atoms with E-state index in [1.54, 1.807) is 0 Å². The van der Waals surface area contributed by atoms with Gasteiger partial charge in [0.1, 0.15) is 10.6 Å². The third-order valence-corrected chi connectivity index (χ3v) is 4.86. The van der Waals surface area contributed by atoms with E-state index in [1.807, 2.05) is 30.9 Å². The Bertz CT molecular complexity index is 662. The number of rotatable bonds is 2. The molecule has 1 saturated heterocycles. The summed E-state index contributed by atoms with van der Waals surface area (Å²) in [7, 11) is 0. The Labute approximate surface area is 128 Å². The van der Waals surface area contributed by atoms with Crippen LogP contribution in [0.5, 0.6) is 0 Å². The number of thiazole rings is 1. The Morgan fingerprint density at radius 2 is 2.29 bits per heavy atom. The molecule has 0 aromatic carbocycles. The van der Waals surface area contributed by atoms with Crippen LogP contribution in [0.4, 0.5) is 0 Å². The van der Waals surface area contributed by atoms with Crippen molar-refractivity contribution in [1.29, 1.82) is 0 Å². The molecule has 0 bridgehead atoms. The zero-order valence-corrected chi connectivity index (χ0v) is 13.3. The molecule has 0 spiro atoms. The number of hydrogen-bond acceptors (Lipinski definition) is 5. The highest BCUT2D eigenvalue weighted by molar-refractivity contribution is 7.17. The average molecular weight is 305 g/mol. The van der Waals surface area contributed by atoms with E-state index < -0.39 is 0 Å². The summed E-state index contributed by atoms with van der Waals surface area (Å²) in [5.74, 6) is 1.66. The molecule has 21 heavy (non-hydrogen) atoms. The third kappa shape index (κ3) is 2.73. The Morgan fingerprint density at radius 1 is 1.48 bits per heavy atom. The lowest BCUT2D eigenvalue weighted by Crippen LogP contribution is -2.52. The second kappa shape index (κ2) is 5.61. The molecule has 1 fully saturated rings. The van der Waals surface area contributed by atoms with Crippen LogP contribution in [0.25, 0.3) is 10.8 Å². The van der Waals surface area contributed by atoms with Crippen molar-refractivity contribution in [2.24, 2.45) is 0 Å². The lowest BCUT2D eigenvalue weighted by Gasteiger charge is -2.33. The number of aryl methyl sites for hydroxylation is 2. The van der Waals surface area contributed by atoms with E-state index in [-0.39, 0.29) is 11.9 Å². The predicted octanol–water partition coefficient (Wildman–Crippen LogP) is 2.45. The van der Waals surface area contributed by atoms with Gasteiger partial charge in [-0.2, -0.15) is 0 Å². The molecule has 112 valence electrons. The number of piperazine rings is 1. The summed E-state index contributed by atoms with van der Waals surface area (Å²) in [6, 6.07) is 4.02. The SMILES string of the molecule is Cc1ccc(-c2nc(C)c(C(=O)N3CCNC[C@H]3C)s2)o1. The fourth-order valence-electron chi connectivity index (χ4n) is 2.52. The fraction of sp³-hybridized carbons (Fsp3) is 0.467. The summed E-state index contributed by atoms with van der Waals surface area (Å²) < 4.78 is 5.60. The second-order valence-electron chi connectivity index (χ2n) is 5.40. The monoisotopic (exact) mass is 305 g/mol. The fourth-order valence-corrected chi connectivity index (χ4v) is 3.51.